The van der Waals surface area contributed by atoms with Gasteiger partial charge in [-0.1, -0.05) is 0 Å². The van der Waals surface area contributed by atoms with Crippen molar-refractivity contribution in [1.82, 2.24) is 15.2 Å². The van der Waals surface area contributed by atoms with Gasteiger partial charge in [-0.2, -0.15) is 5.10 Å². The molecule has 0 aliphatic heterocycles. The molecule has 0 bridgehead atoms. The van der Waals surface area contributed by atoms with E-state index in [1.165, 1.54) is 19.2 Å². The minimum atomic E-state index is -0.554. The number of ether oxygens (including phenoxy) is 2. The first-order valence-electron chi connectivity index (χ1n) is 7.77. The number of aryl methyl sites for hydroxylation is 1. The van der Waals surface area contributed by atoms with Crippen molar-refractivity contribution < 1.29 is 14.4 Å². The lowest BCUT2D eigenvalue weighted by Crippen LogP contribution is -2.15. The van der Waals surface area contributed by atoms with Crippen molar-refractivity contribution in [3.05, 3.63) is 43.9 Å². The molecule has 0 saturated carbocycles. The second kappa shape index (κ2) is 8.55. The van der Waals surface area contributed by atoms with Crippen LogP contribution in [0.1, 0.15) is 25.1 Å². The lowest BCUT2D eigenvalue weighted by atomic mass is 10.2. The number of anilines is 1. The summed E-state index contributed by atoms with van der Waals surface area (Å²) in [7, 11) is 0. The number of aromatic nitrogens is 3. The van der Waals surface area contributed by atoms with Crippen LogP contribution in [0.5, 0.6) is 11.5 Å². The summed E-state index contributed by atoms with van der Waals surface area (Å²) in [6.07, 6.45) is 1.32. The summed E-state index contributed by atoms with van der Waals surface area (Å²) in [6, 6.07) is 2.87. The molecule has 0 aliphatic rings. The normalized spacial score (nSPS) is 10.7. The molecule has 0 radical (unpaired) electrons. The van der Waals surface area contributed by atoms with E-state index in [2.05, 4.69) is 25.7 Å². The summed E-state index contributed by atoms with van der Waals surface area (Å²) in [5.41, 5.74) is 2.50. The van der Waals surface area contributed by atoms with Gasteiger partial charge in [-0.05, 0) is 26.8 Å². The molecule has 1 heterocycles. The Morgan fingerprint density at radius 2 is 2.04 bits per heavy atom. The van der Waals surface area contributed by atoms with E-state index in [1.54, 1.807) is 19.9 Å². The summed E-state index contributed by atoms with van der Waals surface area (Å²) in [6.45, 7) is 5.58. The number of nitrogens with one attached hydrogen (secondary N) is 2. The number of benzene rings is 1. The molecule has 138 valence electrons. The van der Waals surface area contributed by atoms with Gasteiger partial charge in [0.1, 0.15) is 5.69 Å². The molecule has 1 aromatic heterocycles. The fourth-order valence-electron chi connectivity index (χ4n) is 1.98. The average Bonchev–Trinajstić information content (AvgIpc) is 2.60. The highest BCUT2D eigenvalue weighted by Gasteiger charge is 2.22. The molecule has 11 heteroatoms. The number of aromatic amines is 1. The maximum absolute atomic E-state index is 11.5. The summed E-state index contributed by atoms with van der Waals surface area (Å²) in [5.74, 6) is 0.356. The molecule has 2 N–H and O–H groups in total. The fraction of sp³-hybridized carbons (Fsp3) is 0.333. The van der Waals surface area contributed by atoms with Gasteiger partial charge in [-0.3, -0.25) is 19.9 Å². The van der Waals surface area contributed by atoms with E-state index in [1.807, 2.05) is 0 Å². The predicted octanol–water partition coefficient (Wildman–Crippen LogP) is 1.62. The number of hydrogen-bond donors (Lipinski definition) is 2. The monoisotopic (exact) mass is 362 g/mol. The molecule has 0 spiro atoms. The molecule has 1 aromatic carbocycles. The van der Waals surface area contributed by atoms with Crippen molar-refractivity contribution in [2.24, 2.45) is 5.10 Å². The Balaban J connectivity index is 2.31. The lowest BCUT2D eigenvalue weighted by Gasteiger charge is -2.11. The minimum Gasteiger partial charge on any atom is -0.490 e. The molecule has 0 unspecified atom stereocenters. The molecular weight excluding hydrogens is 344 g/mol. The van der Waals surface area contributed by atoms with Gasteiger partial charge in [0.05, 0.1) is 24.4 Å². The number of hydrazone groups is 1. The zero-order chi connectivity index (χ0) is 19.1. The predicted molar refractivity (Wildman–Crippen MR) is 94.0 cm³/mol. The number of nitro groups is 1. The molecule has 2 rings (SSSR count). The van der Waals surface area contributed by atoms with Gasteiger partial charge in [-0.15, -0.1) is 10.2 Å². The Morgan fingerprint density at radius 3 is 2.65 bits per heavy atom. The van der Waals surface area contributed by atoms with Crippen LogP contribution in [0.2, 0.25) is 0 Å². The third-order valence-corrected chi connectivity index (χ3v) is 3.09. The van der Waals surface area contributed by atoms with Gasteiger partial charge in [0.25, 0.3) is 5.56 Å². The Morgan fingerprint density at radius 1 is 1.31 bits per heavy atom. The number of nitro benzene ring substituents is 1. The molecular formula is C15H18N6O5. The summed E-state index contributed by atoms with van der Waals surface area (Å²) in [5, 5.41) is 22.6. The van der Waals surface area contributed by atoms with E-state index < -0.39 is 10.5 Å². The van der Waals surface area contributed by atoms with Crippen molar-refractivity contribution in [3.8, 4) is 11.5 Å². The average molecular weight is 362 g/mol. The molecule has 0 amide bonds. The van der Waals surface area contributed by atoms with Gasteiger partial charge in [-0.25, -0.2) is 5.43 Å². The van der Waals surface area contributed by atoms with Crippen molar-refractivity contribution in [1.29, 1.82) is 0 Å². The van der Waals surface area contributed by atoms with Gasteiger partial charge >= 0.3 is 5.69 Å². The van der Waals surface area contributed by atoms with Crippen LogP contribution in [0.25, 0.3) is 0 Å². The topological polar surface area (TPSA) is 145 Å². The highest BCUT2D eigenvalue weighted by molar-refractivity contribution is 5.83. The zero-order valence-corrected chi connectivity index (χ0v) is 14.5. The second-order valence-corrected chi connectivity index (χ2v) is 4.95. The van der Waals surface area contributed by atoms with Gasteiger partial charge < -0.3 is 9.47 Å². The minimum absolute atomic E-state index is 0.0438. The van der Waals surface area contributed by atoms with Crippen LogP contribution in [-0.2, 0) is 0 Å². The van der Waals surface area contributed by atoms with Crippen molar-refractivity contribution in [2.75, 3.05) is 18.6 Å². The maximum Gasteiger partial charge on any atom is 0.315 e. The van der Waals surface area contributed by atoms with Crippen molar-refractivity contribution >= 4 is 17.9 Å². The van der Waals surface area contributed by atoms with Crippen LogP contribution in [0.4, 0.5) is 11.6 Å². The van der Waals surface area contributed by atoms with Crippen LogP contribution in [0.15, 0.2) is 22.0 Å². The number of H-pyrrole nitrogens is 1. The molecule has 0 aliphatic carbocycles. The highest BCUT2D eigenvalue weighted by atomic mass is 16.6. The first-order chi connectivity index (χ1) is 12.5. The number of nitrogens with zero attached hydrogens (tertiary/aromatic N) is 4. The van der Waals surface area contributed by atoms with E-state index in [9.17, 15) is 14.9 Å². The molecule has 0 saturated heterocycles. The molecule has 11 nitrogen and oxygen atoms in total. The smallest absolute Gasteiger partial charge is 0.315 e. The quantitative estimate of drug-likeness (QED) is 0.409. The van der Waals surface area contributed by atoms with E-state index in [-0.39, 0.29) is 35.4 Å². The Kier molecular flexibility index (Phi) is 6.20. The first-order valence-corrected chi connectivity index (χ1v) is 7.77. The lowest BCUT2D eigenvalue weighted by molar-refractivity contribution is -0.385. The van der Waals surface area contributed by atoms with Crippen LogP contribution in [-0.4, -0.2) is 39.5 Å². The SMILES string of the molecule is CCOc1cc(/C=N/Nc2nnc(C)c(=O)[nH]2)cc([N+](=O)[O-])c1OCC. The van der Waals surface area contributed by atoms with E-state index in [0.29, 0.717) is 12.2 Å². The van der Waals surface area contributed by atoms with Crippen LogP contribution in [0.3, 0.4) is 0 Å². The van der Waals surface area contributed by atoms with Crippen LogP contribution < -0.4 is 20.5 Å². The van der Waals surface area contributed by atoms with Gasteiger partial charge in [0, 0.05) is 11.6 Å². The third-order valence-electron chi connectivity index (χ3n) is 3.09. The Labute approximate surface area is 148 Å². The zero-order valence-electron chi connectivity index (χ0n) is 14.5. The maximum atomic E-state index is 11.5. The number of hydrogen-bond acceptors (Lipinski definition) is 9. The highest BCUT2D eigenvalue weighted by Crippen LogP contribution is 2.38. The second-order valence-electron chi connectivity index (χ2n) is 4.95. The third kappa shape index (κ3) is 4.53. The Bertz CT molecular complexity index is 879. The van der Waals surface area contributed by atoms with Crippen molar-refractivity contribution in [2.45, 2.75) is 20.8 Å². The van der Waals surface area contributed by atoms with E-state index in [4.69, 9.17) is 9.47 Å². The molecule has 0 fully saturated rings. The molecule has 0 atom stereocenters. The largest absolute Gasteiger partial charge is 0.490 e. The van der Waals surface area contributed by atoms with E-state index in [0.717, 1.165) is 0 Å². The van der Waals surface area contributed by atoms with Crippen LogP contribution in [0, 0.1) is 17.0 Å². The summed E-state index contributed by atoms with van der Waals surface area (Å²) >= 11 is 0. The standard InChI is InChI=1S/C15H18N6O5/c1-4-25-12-7-10(6-11(21(23)24)13(12)26-5-2)8-16-19-15-17-14(22)9(3)18-20-15/h6-8H,4-5H2,1-3H3,(H2,17,19,20,22)/b16-8+. The van der Waals surface area contributed by atoms with Gasteiger partial charge in [0.15, 0.2) is 5.75 Å². The number of rotatable bonds is 8. The first kappa shape index (κ1) is 18.8. The van der Waals surface area contributed by atoms with Gasteiger partial charge in [0.2, 0.25) is 11.7 Å². The van der Waals surface area contributed by atoms with E-state index >= 15 is 0 Å². The molecule has 26 heavy (non-hydrogen) atoms. The summed E-state index contributed by atoms with van der Waals surface area (Å²) < 4.78 is 10.8. The van der Waals surface area contributed by atoms with Crippen LogP contribution >= 0.6 is 0 Å². The molecule has 2 aromatic rings. The fourth-order valence-corrected chi connectivity index (χ4v) is 1.98. The Hall–Kier alpha value is -3.50. The summed E-state index contributed by atoms with van der Waals surface area (Å²) in [4.78, 5) is 24.7. The van der Waals surface area contributed by atoms with Crippen molar-refractivity contribution in [3.63, 3.8) is 0 Å².